The van der Waals surface area contributed by atoms with Crippen LogP contribution >= 0.6 is 0 Å². The van der Waals surface area contributed by atoms with Gasteiger partial charge in [0.1, 0.15) is 5.60 Å². The summed E-state index contributed by atoms with van der Waals surface area (Å²) in [5, 5.41) is 10.5. The third-order valence-corrected chi connectivity index (χ3v) is 3.03. The predicted molar refractivity (Wildman–Crippen MR) is 66.9 cm³/mol. The zero-order chi connectivity index (χ0) is 11.6. The molecule has 0 saturated carbocycles. The number of benzene rings is 1. The summed E-state index contributed by atoms with van der Waals surface area (Å²) in [5.41, 5.74) is 7.26. The summed E-state index contributed by atoms with van der Waals surface area (Å²) in [6, 6.07) is 7.38. The van der Waals surface area contributed by atoms with Crippen molar-refractivity contribution in [2.45, 2.75) is 25.4 Å². The minimum atomic E-state index is -0.926. The lowest BCUT2D eigenvalue weighted by Crippen LogP contribution is -2.23. The van der Waals surface area contributed by atoms with Gasteiger partial charge in [-0.05, 0) is 43.0 Å². The number of aliphatic hydroxyl groups is 1. The van der Waals surface area contributed by atoms with E-state index in [4.69, 9.17) is 5.73 Å². The largest absolute Gasteiger partial charge is 0.399 e. The zero-order valence-corrected chi connectivity index (χ0v) is 9.48. The molecule has 16 heavy (non-hydrogen) atoms. The SMILES string of the molecule is CC(O)(C1=CCCC=C1)c1ccc(N)cc1. The fraction of sp³-hybridized carbons (Fsp3) is 0.286. The molecule has 2 nitrogen and oxygen atoms in total. The van der Waals surface area contributed by atoms with Crippen LogP contribution < -0.4 is 5.73 Å². The number of nitrogen functional groups attached to an aromatic ring is 1. The maximum atomic E-state index is 10.5. The highest BCUT2D eigenvalue weighted by atomic mass is 16.3. The van der Waals surface area contributed by atoms with Crippen molar-refractivity contribution >= 4 is 5.69 Å². The van der Waals surface area contributed by atoms with E-state index < -0.39 is 5.60 Å². The molecule has 84 valence electrons. The van der Waals surface area contributed by atoms with Crippen LogP contribution in [0.4, 0.5) is 5.69 Å². The normalized spacial score (nSPS) is 19.0. The number of nitrogens with two attached hydrogens (primary N) is 1. The molecule has 1 aliphatic carbocycles. The van der Waals surface area contributed by atoms with Crippen molar-refractivity contribution < 1.29 is 5.11 Å². The fourth-order valence-electron chi connectivity index (χ4n) is 1.95. The van der Waals surface area contributed by atoms with E-state index in [0.717, 1.165) is 24.0 Å². The molecular weight excluding hydrogens is 198 g/mol. The van der Waals surface area contributed by atoms with Crippen LogP contribution in [0.3, 0.4) is 0 Å². The minimum absolute atomic E-state index is 0.715. The van der Waals surface area contributed by atoms with Crippen LogP contribution in [0.15, 0.2) is 48.1 Å². The van der Waals surface area contributed by atoms with Crippen LogP contribution in [0, 0.1) is 0 Å². The third-order valence-electron chi connectivity index (χ3n) is 3.03. The van der Waals surface area contributed by atoms with E-state index in [9.17, 15) is 5.11 Å². The second kappa shape index (κ2) is 4.14. The van der Waals surface area contributed by atoms with Crippen molar-refractivity contribution in [3.05, 3.63) is 53.6 Å². The Hall–Kier alpha value is -1.54. The van der Waals surface area contributed by atoms with Crippen LogP contribution in [0.1, 0.15) is 25.3 Å². The van der Waals surface area contributed by atoms with Crippen LogP contribution in [0.2, 0.25) is 0 Å². The maximum Gasteiger partial charge on any atom is 0.111 e. The van der Waals surface area contributed by atoms with Crippen molar-refractivity contribution in [1.82, 2.24) is 0 Å². The topological polar surface area (TPSA) is 46.2 Å². The second-order valence-electron chi connectivity index (χ2n) is 4.33. The van der Waals surface area contributed by atoms with Gasteiger partial charge < -0.3 is 10.8 Å². The summed E-state index contributed by atoms with van der Waals surface area (Å²) in [7, 11) is 0. The zero-order valence-electron chi connectivity index (χ0n) is 9.48. The predicted octanol–water partition coefficient (Wildman–Crippen LogP) is 2.75. The van der Waals surface area contributed by atoms with E-state index in [2.05, 4.69) is 12.2 Å². The number of rotatable bonds is 2. The van der Waals surface area contributed by atoms with Crippen molar-refractivity contribution in [1.29, 1.82) is 0 Å². The van der Waals surface area contributed by atoms with Crippen LogP contribution in [-0.2, 0) is 5.60 Å². The summed E-state index contributed by atoms with van der Waals surface area (Å²) < 4.78 is 0. The molecule has 0 spiro atoms. The molecular formula is C14H17NO. The molecule has 0 aromatic heterocycles. The quantitative estimate of drug-likeness (QED) is 0.745. The average molecular weight is 215 g/mol. The van der Waals surface area contributed by atoms with E-state index in [-0.39, 0.29) is 0 Å². The Morgan fingerprint density at radius 1 is 1.19 bits per heavy atom. The smallest absolute Gasteiger partial charge is 0.111 e. The van der Waals surface area contributed by atoms with Crippen molar-refractivity contribution in [2.75, 3.05) is 5.73 Å². The van der Waals surface area contributed by atoms with Gasteiger partial charge in [0.2, 0.25) is 0 Å². The van der Waals surface area contributed by atoms with Gasteiger partial charge in [-0.15, -0.1) is 0 Å². The molecule has 0 aliphatic heterocycles. The summed E-state index contributed by atoms with van der Waals surface area (Å²) in [4.78, 5) is 0. The lowest BCUT2D eigenvalue weighted by Gasteiger charge is -2.27. The first kappa shape index (κ1) is 11.0. The van der Waals surface area contributed by atoms with Gasteiger partial charge in [-0.2, -0.15) is 0 Å². The number of hydrogen-bond acceptors (Lipinski definition) is 2. The Morgan fingerprint density at radius 2 is 1.88 bits per heavy atom. The number of hydrogen-bond donors (Lipinski definition) is 2. The summed E-state index contributed by atoms with van der Waals surface area (Å²) in [6.07, 6.45) is 8.25. The highest BCUT2D eigenvalue weighted by Gasteiger charge is 2.26. The van der Waals surface area contributed by atoms with Crippen molar-refractivity contribution in [3.63, 3.8) is 0 Å². The van der Waals surface area contributed by atoms with Gasteiger partial charge in [-0.3, -0.25) is 0 Å². The first-order chi connectivity index (χ1) is 7.60. The fourth-order valence-corrected chi connectivity index (χ4v) is 1.95. The van der Waals surface area contributed by atoms with Gasteiger partial charge in [0.05, 0.1) is 0 Å². The molecule has 0 amide bonds. The van der Waals surface area contributed by atoms with Crippen molar-refractivity contribution in [3.8, 4) is 0 Å². The molecule has 2 heteroatoms. The molecule has 2 rings (SSSR count). The lowest BCUT2D eigenvalue weighted by atomic mass is 9.85. The van der Waals surface area contributed by atoms with Gasteiger partial charge in [0.25, 0.3) is 0 Å². The molecule has 1 aromatic carbocycles. The highest BCUT2D eigenvalue weighted by Crippen LogP contribution is 2.32. The Kier molecular flexibility index (Phi) is 2.84. The number of anilines is 1. The van der Waals surface area contributed by atoms with E-state index in [0.29, 0.717) is 5.69 Å². The standard InChI is InChI=1S/C14H17NO/c1-14(16,11-5-3-2-4-6-11)12-7-9-13(15)10-8-12/h3,5-10,16H,2,4,15H2,1H3. The van der Waals surface area contributed by atoms with Gasteiger partial charge in [0, 0.05) is 5.69 Å². The Labute approximate surface area is 96.1 Å². The van der Waals surface area contributed by atoms with Crippen molar-refractivity contribution in [2.24, 2.45) is 0 Å². The van der Waals surface area contributed by atoms with Gasteiger partial charge >= 0.3 is 0 Å². The lowest BCUT2D eigenvalue weighted by molar-refractivity contribution is 0.101. The summed E-state index contributed by atoms with van der Waals surface area (Å²) >= 11 is 0. The molecule has 0 radical (unpaired) electrons. The first-order valence-corrected chi connectivity index (χ1v) is 5.56. The van der Waals surface area contributed by atoms with Gasteiger partial charge in [0.15, 0.2) is 0 Å². The van der Waals surface area contributed by atoms with Crippen LogP contribution in [-0.4, -0.2) is 5.11 Å². The molecule has 3 N–H and O–H groups in total. The van der Waals surface area contributed by atoms with Gasteiger partial charge in [-0.25, -0.2) is 0 Å². The Morgan fingerprint density at radius 3 is 2.44 bits per heavy atom. The minimum Gasteiger partial charge on any atom is -0.399 e. The van der Waals surface area contributed by atoms with Crippen LogP contribution in [0.5, 0.6) is 0 Å². The Bertz CT molecular complexity index is 427. The maximum absolute atomic E-state index is 10.5. The molecule has 1 aromatic rings. The van der Waals surface area contributed by atoms with Crippen LogP contribution in [0.25, 0.3) is 0 Å². The van der Waals surface area contributed by atoms with E-state index >= 15 is 0 Å². The highest BCUT2D eigenvalue weighted by molar-refractivity contribution is 5.45. The van der Waals surface area contributed by atoms with Gasteiger partial charge in [-0.1, -0.05) is 30.4 Å². The molecule has 0 heterocycles. The molecule has 1 unspecified atom stereocenters. The molecule has 0 saturated heterocycles. The summed E-state index contributed by atoms with van der Waals surface area (Å²) in [6.45, 7) is 1.82. The Balaban J connectivity index is 2.34. The molecule has 1 aliphatic rings. The first-order valence-electron chi connectivity index (χ1n) is 5.56. The molecule has 1 atom stereocenters. The monoisotopic (exact) mass is 215 g/mol. The summed E-state index contributed by atoms with van der Waals surface area (Å²) in [5.74, 6) is 0. The average Bonchev–Trinajstić information content (AvgIpc) is 2.31. The number of allylic oxidation sites excluding steroid dienone is 2. The molecule has 0 fully saturated rings. The second-order valence-corrected chi connectivity index (χ2v) is 4.33. The van der Waals surface area contributed by atoms with E-state index in [1.807, 2.05) is 37.3 Å². The van der Waals surface area contributed by atoms with E-state index in [1.165, 1.54) is 0 Å². The molecule has 0 bridgehead atoms. The van der Waals surface area contributed by atoms with E-state index in [1.54, 1.807) is 0 Å². The third kappa shape index (κ3) is 2.02.